The quantitative estimate of drug-likeness (QED) is 0.0449. The first-order valence-electron chi connectivity index (χ1n) is 45.6. The number of nitrogens with one attached hydrogen (secondary N) is 9. The van der Waals surface area contributed by atoms with E-state index in [0.717, 1.165) is 105 Å². The van der Waals surface area contributed by atoms with Gasteiger partial charge in [-0.3, -0.25) is 49.3 Å². The van der Waals surface area contributed by atoms with Crippen molar-refractivity contribution in [2.75, 3.05) is 30.3 Å². The second-order valence-corrected chi connectivity index (χ2v) is 34.6. The van der Waals surface area contributed by atoms with Gasteiger partial charge < -0.3 is 45.5 Å². The lowest BCUT2D eigenvalue weighted by Crippen LogP contribution is -2.55. The molecule has 10 N–H and O–H groups in total. The van der Waals surface area contributed by atoms with Crippen LogP contribution in [0.4, 0.5) is 11.6 Å². The van der Waals surface area contributed by atoms with Gasteiger partial charge in [-0.1, -0.05) is 159 Å². The number of imidazole rings is 2. The number of benzene rings is 8. The van der Waals surface area contributed by atoms with Crippen LogP contribution >= 0.6 is 15.9 Å². The zero-order chi connectivity index (χ0) is 97.8. The Labute approximate surface area is 809 Å². The first-order valence-corrected chi connectivity index (χ1v) is 46.4. The Balaban J connectivity index is 0.000000116. The second-order valence-electron chi connectivity index (χ2n) is 34.2. The number of halogens is 1. The number of anilines is 2. The van der Waals surface area contributed by atoms with Crippen molar-refractivity contribution in [1.29, 1.82) is 21.5 Å². The third-order valence-electron chi connectivity index (χ3n) is 26.7. The topological polar surface area (TPSA) is 566 Å². The Hall–Kier alpha value is -16.6. The van der Waals surface area contributed by atoms with Crippen LogP contribution in [0.5, 0.6) is 0 Å². The third-order valence-corrected chi connectivity index (χ3v) is 26.7. The van der Waals surface area contributed by atoms with Crippen molar-refractivity contribution in [3.05, 3.63) is 275 Å². The summed E-state index contributed by atoms with van der Waals surface area (Å²) in [6, 6.07) is 62.9. The Morgan fingerprint density at radius 3 is 1.33 bits per heavy atom. The number of aromatic nitrogens is 28. The molecule has 0 saturated carbocycles. The van der Waals surface area contributed by atoms with E-state index < -0.39 is 35.4 Å². The summed E-state index contributed by atoms with van der Waals surface area (Å²) in [4.78, 5) is 83.9. The van der Waals surface area contributed by atoms with Crippen LogP contribution in [-0.2, 0) is 14.2 Å². The number of piperidine rings is 3. The number of aromatic amines is 2. The number of aliphatic hydroxyl groups is 1. The molecule has 6 bridgehead atoms. The van der Waals surface area contributed by atoms with E-state index in [-0.39, 0.29) is 72.6 Å². The van der Waals surface area contributed by atoms with E-state index in [9.17, 15) is 29.7 Å². The molecule has 11 aromatic heterocycles. The van der Waals surface area contributed by atoms with Crippen LogP contribution in [0.1, 0.15) is 120 Å². The summed E-state index contributed by atoms with van der Waals surface area (Å²) in [6.07, 6.45) is 10.8. The van der Waals surface area contributed by atoms with Gasteiger partial charge in [0, 0.05) is 58.6 Å². The molecule has 45 nitrogen and oxygen atoms in total. The van der Waals surface area contributed by atoms with Crippen molar-refractivity contribution in [3.63, 3.8) is 0 Å². The number of hydrogen-bond donors (Lipinski definition) is 10. The average Bonchev–Trinajstić information content (AvgIpc) is 1.56. The molecule has 0 aliphatic carbocycles. The fraction of sp³-hybridized carbons (Fsp3) is 0.284. The third kappa shape index (κ3) is 17.9. The van der Waals surface area contributed by atoms with Crippen LogP contribution in [-0.4, -0.2) is 239 Å². The Bertz CT molecular complexity index is 7780. The molecule has 6 aliphatic rings. The largest absolute Gasteiger partial charge is 0.388 e. The summed E-state index contributed by atoms with van der Waals surface area (Å²) in [5, 5.41) is 108. The lowest BCUT2D eigenvalue weighted by molar-refractivity contribution is -0.108. The van der Waals surface area contributed by atoms with Crippen LogP contribution in [0.25, 0.3) is 88.5 Å². The normalized spacial score (nSPS) is 21.7. The number of carbonyl (C=O) groups is 2. The minimum Gasteiger partial charge on any atom is -0.388 e. The van der Waals surface area contributed by atoms with Crippen LogP contribution in [0, 0.1) is 45.2 Å². The maximum absolute atomic E-state index is 12.8. The highest BCUT2D eigenvalue weighted by Gasteiger charge is 2.60. The molecule has 19 aromatic rings. The summed E-state index contributed by atoms with van der Waals surface area (Å²) in [6.45, 7) is 14.7. The molecular weight excluding hydrogens is 1870 g/mol. The SMILES string of the molecule is CC[C@@]12CCN(C(=N)n3nnc4ccccc43)[C@@H]([C@H](n3cnc4c(NC(=O)c5ccccc5)ncnc43)O1)[C@@H]2C.CC[C@@]12CCN[C@@H]([C@H](n3cc(C)c(=O)[nH]c3=O)O1)[C@@H]2O.CC[C@@]12CCN[C@@H]([C@H](n3cnc4c(NC(=O)c5ccccc5)ncnc43)O1)[C@@H]2C.N#CBr.N=C(n1nc2ccccc2n1)n1nnc2ccccc21.N=C(n1nc2ccccc2n1)n1nnc2ccccc21.[HH].c1ccc2n[nH]nc2c1. The van der Waals surface area contributed by atoms with Crippen LogP contribution in [0.2, 0.25) is 0 Å². The van der Waals surface area contributed by atoms with Gasteiger partial charge in [0.2, 0.25) is 5.96 Å². The van der Waals surface area contributed by atoms with E-state index in [0.29, 0.717) is 76.0 Å². The maximum atomic E-state index is 12.8. The van der Waals surface area contributed by atoms with Gasteiger partial charge in [0.25, 0.3) is 29.3 Å². The van der Waals surface area contributed by atoms with Crippen LogP contribution < -0.4 is 32.5 Å². The summed E-state index contributed by atoms with van der Waals surface area (Å²) in [7, 11) is 0. The first-order chi connectivity index (χ1) is 68.6. The van der Waals surface area contributed by atoms with Crippen molar-refractivity contribution >= 4 is 146 Å². The second kappa shape index (κ2) is 39.9. The molecule has 12 atom stereocenters. The molecule has 6 saturated heterocycles. The molecule has 6 aliphatic heterocycles. The molecule has 17 heterocycles. The van der Waals surface area contributed by atoms with Gasteiger partial charge in [-0.05, 0) is 156 Å². The minimum absolute atomic E-state index is 0. The minimum atomic E-state index is -0.662. The molecule has 6 fully saturated rings. The number of para-hydroxylation sites is 5. The maximum Gasteiger partial charge on any atom is 0.330 e. The van der Waals surface area contributed by atoms with Gasteiger partial charge in [0.05, 0.1) is 64.1 Å². The number of fused-ring (bicyclic) bond motifs is 14. The zero-order valence-electron chi connectivity index (χ0n) is 76.8. The fourth-order valence-corrected chi connectivity index (χ4v) is 19.1. The average molecular weight is 1960 g/mol. The number of nitriles is 1. The molecule has 8 aromatic carbocycles. The number of hydrogen-bond acceptors (Lipinski definition) is 32. The van der Waals surface area contributed by atoms with Crippen molar-refractivity contribution in [2.45, 2.75) is 140 Å². The van der Waals surface area contributed by atoms with E-state index in [2.05, 4.69) is 171 Å². The lowest BCUT2D eigenvalue weighted by atomic mass is 9.77. The molecule has 46 heteroatoms. The van der Waals surface area contributed by atoms with E-state index >= 15 is 0 Å². The summed E-state index contributed by atoms with van der Waals surface area (Å²) in [5.74, 6) is 1.05. The molecule has 0 spiro atoms. The van der Waals surface area contributed by atoms with Crippen molar-refractivity contribution < 1.29 is 30.3 Å². The lowest BCUT2D eigenvalue weighted by Gasteiger charge is -2.43. The van der Waals surface area contributed by atoms with E-state index in [4.69, 9.17) is 30.3 Å². The molecular formula is C95H96BrN37O8. The molecule has 2 amide bonds. The number of aliphatic hydroxyl groups excluding tert-OH is 1. The van der Waals surface area contributed by atoms with E-state index in [1.807, 2.05) is 198 Å². The molecule has 0 radical (unpaired) electrons. The van der Waals surface area contributed by atoms with Crippen molar-refractivity contribution in [1.82, 2.24) is 155 Å². The molecule has 25 rings (SSSR count). The standard InChI is InChI=1S/C28H28N10O2.C21H24N6O2.2C13H9N7.C13H19N3O4.C6H5N3.CBrN.H2/c1-3-28-13-14-36(27(29)38-20-12-8-7-11-19(20)34-35-38)22(17(28)2)26(40-28)37-16-32-21-23(30-15-31-24(21)37)33-25(39)18-9-5-4-6-10-18;1-3-21-9-10-22-15(13(21)2)20(29-21)27-12-25-16-17(23-11-24-18(16)27)26-19(28)14-7-5-4-6-8-14;2*14-13(19-12-8-4-3-7-11(12)15-18-19)20-16-9-5-1-2-6-10(9)17-20;1-3-13-4-5-14-8(9(13)17)11(20-13)16-6-7(2)10(18)15-12(16)19;1-2-4-6-5(3-1)7-9-8-6;2-1-3;/h4-12,15-17,22,26,29H,3,13-14H2,1-2H3,(H,30,31,33,39);4-8,11-13,15,20,22H,3,9-10H2,1-2H3,(H,23,24,26,28);2*1-8,14H;6,8-9,11,14,17H,3-5H2,1-2H3,(H,15,18,19);1-4H,(H,7,8,9);;1H/t17-,22+,26+,28-;13-,15+,20+,21-;;;8-,9+,11-,13+;;;/m00..1.../s1. The van der Waals surface area contributed by atoms with Crippen molar-refractivity contribution in [2.24, 2.45) is 11.8 Å². The number of amides is 2. The van der Waals surface area contributed by atoms with Gasteiger partial charge in [-0.2, -0.15) is 34.7 Å². The summed E-state index contributed by atoms with van der Waals surface area (Å²) in [5.41, 5.74) is 11.0. The molecule has 141 heavy (non-hydrogen) atoms. The van der Waals surface area contributed by atoms with Crippen LogP contribution in [0.3, 0.4) is 0 Å². The first kappa shape index (κ1) is 93.4. The van der Waals surface area contributed by atoms with E-state index in [1.54, 1.807) is 53.5 Å². The number of carbonyl (C=O) groups excluding carboxylic acids is 2. The summed E-state index contributed by atoms with van der Waals surface area (Å²) >= 11 is 2.45. The van der Waals surface area contributed by atoms with E-state index in [1.165, 1.54) is 42.4 Å². The highest BCUT2D eigenvalue weighted by Crippen LogP contribution is 2.53. The zero-order valence-corrected chi connectivity index (χ0v) is 78.4. The number of ether oxygens (including phenoxy) is 3. The number of aryl methyl sites for hydroxylation is 1. The molecule has 716 valence electrons. The predicted octanol–water partition coefficient (Wildman–Crippen LogP) is 10.8. The van der Waals surface area contributed by atoms with Gasteiger partial charge >= 0.3 is 5.69 Å². The number of nitrogens with zero attached hydrogens (tertiary/aromatic N) is 28. The predicted molar refractivity (Wildman–Crippen MR) is 526 cm³/mol. The van der Waals surface area contributed by atoms with Crippen LogP contribution in [0.15, 0.2) is 247 Å². The Morgan fingerprint density at radius 2 is 0.879 bits per heavy atom. The van der Waals surface area contributed by atoms with Gasteiger partial charge in [-0.25, -0.2) is 34.7 Å². The number of rotatable bonds is 10. The van der Waals surface area contributed by atoms with Crippen molar-refractivity contribution in [3.8, 4) is 4.98 Å². The molecule has 0 unspecified atom stereocenters. The Morgan fingerprint density at radius 1 is 0.496 bits per heavy atom. The highest BCUT2D eigenvalue weighted by molar-refractivity contribution is 9.12. The Kier molecular flexibility index (Phi) is 26.4. The van der Waals surface area contributed by atoms with Gasteiger partial charge in [0.15, 0.2) is 52.6 Å². The smallest absolute Gasteiger partial charge is 0.330 e. The van der Waals surface area contributed by atoms with Gasteiger partial charge in [0.1, 0.15) is 73.4 Å². The number of likely N-dealkylation sites (tertiary alicyclic amines) is 1. The monoisotopic (exact) mass is 1960 g/mol. The highest BCUT2D eigenvalue weighted by atomic mass is 79.9. The number of H-pyrrole nitrogens is 2. The fourth-order valence-electron chi connectivity index (χ4n) is 19.1. The summed E-state index contributed by atoms with van der Waals surface area (Å²) < 4.78 is 29.1. The van der Waals surface area contributed by atoms with Gasteiger partial charge in [-0.15, -0.1) is 45.3 Å².